The van der Waals surface area contributed by atoms with Crippen molar-refractivity contribution < 1.29 is 4.42 Å². The lowest BCUT2D eigenvalue weighted by Gasteiger charge is -2.12. The summed E-state index contributed by atoms with van der Waals surface area (Å²) in [6, 6.07) is 47.7. The molecule has 6 aromatic carbocycles. The molecule has 5 heteroatoms. The van der Waals surface area contributed by atoms with Crippen molar-refractivity contribution in [2.75, 3.05) is 0 Å². The Kier molecular flexibility index (Phi) is 5.74. The summed E-state index contributed by atoms with van der Waals surface area (Å²) in [5.74, 6) is 1.66. The molecule has 0 aliphatic heterocycles. The summed E-state index contributed by atoms with van der Waals surface area (Å²) in [7, 11) is 0. The quantitative estimate of drug-likeness (QED) is 0.209. The lowest BCUT2D eigenvalue weighted by Crippen LogP contribution is -2.01. The Morgan fingerprint density at radius 3 is 1.82 bits per heavy atom. The third kappa shape index (κ3) is 4.33. The van der Waals surface area contributed by atoms with Gasteiger partial charge in [-0.1, -0.05) is 109 Å². The van der Waals surface area contributed by atoms with Gasteiger partial charge in [0, 0.05) is 22.7 Å². The van der Waals surface area contributed by atoms with E-state index in [2.05, 4.69) is 84.9 Å². The fourth-order valence-electron chi connectivity index (χ4n) is 6.20. The number of hydrogen-bond donors (Lipinski definition) is 0. The maximum atomic E-state index is 6.35. The first-order valence-corrected chi connectivity index (χ1v) is 14.9. The molecule has 0 atom stereocenters. The van der Waals surface area contributed by atoms with Gasteiger partial charge in [-0.25, -0.2) is 15.0 Å². The molecule has 0 aliphatic carbocycles. The summed E-state index contributed by atoms with van der Waals surface area (Å²) in [6.45, 7) is 0. The van der Waals surface area contributed by atoms with Crippen molar-refractivity contribution in [1.29, 1.82) is 0 Å². The van der Waals surface area contributed by atoms with Crippen molar-refractivity contribution in [2.24, 2.45) is 0 Å². The van der Waals surface area contributed by atoms with Gasteiger partial charge in [0.1, 0.15) is 16.9 Å². The highest BCUT2D eigenvalue weighted by atomic mass is 16.3. The molecule has 9 rings (SSSR count). The molecule has 5 nitrogen and oxygen atoms in total. The average molecular weight is 577 g/mol. The molecule has 0 amide bonds. The molecule has 0 fully saturated rings. The lowest BCUT2D eigenvalue weighted by molar-refractivity contribution is 0.669. The average Bonchev–Trinajstić information content (AvgIpc) is 3.48. The standard InChI is InChI=1S/C40H24N4O/c1-3-11-25(12-4-1)32-23-30(21-29-17-9-10-18-31(29)32)39-42-38(26-13-5-2-6-14-26)43-40(44-39)37-36-33-22-27-15-7-8-16-28(27)24-35(33)45-34(36)19-20-41-37/h1-24H. The highest BCUT2D eigenvalue weighted by Gasteiger charge is 2.20. The van der Waals surface area contributed by atoms with Gasteiger partial charge in [0.2, 0.25) is 0 Å². The smallest absolute Gasteiger partial charge is 0.183 e. The summed E-state index contributed by atoms with van der Waals surface area (Å²) >= 11 is 0. The van der Waals surface area contributed by atoms with Crippen LogP contribution in [0.4, 0.5) is 0 Å². The first-order chi connectivity index (χ1) is 22.3. The minimum atomic E-state index is 0.495. The second-order valence-corrected chi connectivity index (χ2v) is 11.1. The Labute approximate surface area is 258 Å². The molecule has 0 saturated carbocycles. The van der Waals surface area contributed by atoms with Gasteiger partial charge < -0.3 is 4.42 Å². The number of furan rings is 1. The second kappa shape index (κ2) is 10.2. The maximum absolute atomic E-state index is 6.35. The fraction of sp³-hybridized carbons (Fsp3) is 0. The molecule has 0 spiro atoms. The van der Waals surface area contributed by atoms with Crippen molar-refractivity contribution in [3.05, 3.63) is 146 Å². The van der Waals surface area contributed by atoms with Crippen molar-refractivity contribution in [3.63, 3.8) is 0 Å². The van der Waals surface area contributed by atoms with Crippen LogP contribution in [0.5, 0.6) is 0 Å². The lowest BCUT2D eigenvalue weighted by atomic mass is 9.95. The molecule has 45 heavy (non-hydrogen) atoms. The van der Waals surface area contributed by atoms with E-state index in [1.165, 1.54) is 5.39 Å². The zero-order chi connectivity index (χ0) is 29.7. The van der Waals surface area contributed by atoms with E-state index in [0.717, 1.165) is 60.4 Å². The van der Waals surface area contributed by atoms with E-state index in [0.29, 0.717) is 23.2 Å². The van der Waals surface area contributed by atoms with E-state index in [4.69, 9.17) is 24.4 Å². The van der Waals surface area contributed by atoms with Gasteiger partial charge in [-0.15, -0.1) is 0 Å². The van der Waals surface area contributed by atoms with Crippen LogP contribution in [0, 0.1) is 0 Å². The molecular formula is C40H24N4O. The highest BCUT2D eigenvalue weighted by molar-refractivity contribution is 6.14. The van der Waals surface area contributed by atoms with Gasteiger partial charge in [-0.3, -0.25) is 4.98 Å². The number of aromatic nitrogens is 4. The van der Waals surface area contributed by atoms with E-state index < -0.39 is 0 Å². The van der Waals surface area contributed by atoms with Gasteiger partial charge in [-0.2, -0.15) is 0 Å². The predicted octanol–water partition coefficient (Wildman–Crippen LogP) is 10.1. The Morgan fingerprint density at radius 2 is 1.04 bits per heavy atom. The van der Waals surface area contributed by atoms with Gasteiger partial charge in [-0.05, 0) is 63.0 Å². The van der Waals surface area contributed by atoms with Crippen molar-refractivity contribution >= 4 is 43.5 Å². The number of hydrogen-bond acceptors (Lipinski definition) is 5. The largest absolute Gasteiger partial charge is 0.456 e. The van der Waals surface area contributed by atoms with Crippen molar-refractivity contribution in [1.82, 2.24) is 19.9 Å². The van der Waals surface area contributed by atoms with E-state index in [1.54, 1.807) is 6.20 Å². The molecule has 3 aromatic heterocycles. The van der Waals surface area contributed by atoms with Gasteiger partial charge >= 0.3 is 0 Å². The summed E-state index contributed by atoms with van der Waals surface area (Å²) < 4.78 is 6.35. The number of rotatable bonds is 4. The molecule has 0 aliphatic rings. The summed E-state index contributed by atoms with van der Waals surface area (Å²) in [4.78, 5) is 20.0. The van der Waals surface area contributed by atoms with Crippen molar-refractivity contribution in [3.8, 4) is 45.4 Å². The minimum Gasteiger partial charge on any atom is -0.456 e. The van der Waals surface area contributed by atoms with Crippen LogP contribution >= 0.6 is 0 Å². The van der Waals surface area contributed by atoms with Gasteiger partial charge in [0.15, 0.2) is 17.5 Å². The van der Waals surface area contributed by atoms with E-state index in [-0.39, 0.29) is 0 Å². The van der Waals surface area contributed by atoms with Crippen molar-refractivity contribution in [2.45, 2.75) is 0 Å². The Bertz CT molecular complexity index is 2540. The SMILES string of the molecule is c1ccc(-c2nc(-c3cc(-c4ccccc4)c4ccccc4c3)nc(-c3nccc4oc5cc6ccccc6cc5c34)n2)cc1. The van der Waals surface area contributed by atoms with Crippen LogP contribution in [-0.2, 0) is 0 Å². The van der Waals surface area contributed by atoms with Crippen LogP contribution in [0.2, 0.25) is 0 Å². The van der Waals surface area contributed by atoms with Crippen LogP contribution in [0.3, 0.4) is 0 Å². The molecule has 0 unspecified atom stereocenters. The fourth-order valence-corrected chi connectivity index (χ4v) is 6.20. The molecule has 0 N–H and O–H groups in total. The Balaban J connectivity index is 1.32. The molecule has 210 valence electrons. The van der Waals surface area contributed by atoms with Crippen LogP contribution in [-0.4, -0.2) is 19.9 Å². The van der Waals surface area contributed by atoms with E-state index >= 15 is 0 Å². The minimum absolute atomic E-state index is 0.495. The predicted molar refractivity (Wildman–Crippen MR) is 182 cm³/mol. The summed E-state index contributed by atoms with van der Waals surface area (Å²) in [5, 5.41) is 6.41. The number of fused-ring (bicyclic) bond motifs is 5. The third-order valence-corrected chi connectivity index (χ3v) is 8.33. The second-order valence-electron chi connectivity index (χ2n) is 11.1. The van der Waals surface area contributed by atoms with Gasteiger partial charge in [0.25, 0.3) is 0 Å². The monoisotopic (exact) mass is 576 g/mol. The number of nitrogens with zero attached hydrogens (tertiary/aromatic N) is 4. The molecule has 3 heterocycles. The maximum Gasteiger partial charge on any atom is 0.183 e. The topological polar surface area (TPSA) is 64.7 Å². The molecule has 0 saturated heterocycles. The van der Waals surface area contributed by atoms with Crippen LogP contribution in [0.25, 0.3) is 88.9 Å². The first kappa shape index (κ1) is 25.3. The van der Waals surface area contributed by atoms with E-state index in [1.807, 2.05) is 54.6 Å². The van der Waals surface area contributed by atoms with Gasteiger partial charge in [0.05, 0.1) is 5.39 Å². The zero-order valence-corrected chi connectivity index (χ0v) is 24.1. The first-order valence-electron chi connectivity index (χ1n) is 14.9. The van der Waals surface area contributed by atoms with Crippen LogP contribution in [0.1, 0.15) is 0 Å². The van der Waals surface area contributed by atoms with E-state index in [9.17, 15) is 0 Å². The molecule has 0 bridgehead atoms. The number of benzene rings is 6. The number of pyridine rings is 1. The van der Waals surface area contributed by atoms with Crippen LogP contribution in [0.15, 0.2) is 150 Å². The Morgan fingerprint density at radius 1 is 0.422 bits per heavy atom. The zero-order valence-electron chi connectivity index (χ0n) is 24.1. The summed E-state index contributed by atoms with van der Waals surface area (Å²) in [6.07, 6.45) is 1.76. The molecule has 0 radical (unpaired) electrons. The molecular weight excluding hydrogens is 552 g/mol. The highest BCUT2D eigenvalue weighted by Crippen LogP contribution is 2.38. The third-order valence-electron chi connectivity index (χ3n) is 8.33. The molecule has 9 aromatic rings. The Hall–Kier alpha value is -6.20. The normalized spacial score (nSPS) is 11.6. The summed E-state index contributed by atoms with van der Waals surface area (Å²) in [5.41, 5.74) is 6.27. The van der Waals surface area contributed by atoms with Crippen LogP contribution < -0.4 is 0 Å².